The van der Waals surface area contributed by atoms with Gasteiger partial charge in [0.1, 0.15) is 5.75 Å². The van der Waals surface area contributed by atoms with Gasteiger partial charge in [-0.3, -0.25) is 10.2 Å². The largest absolute Gasteiger partial charge is 0.494 e. The van der Waals surface area contributed by atoms with Crippen molar-refractivity contribution in [2.75, 3.05) is 26.4 Å². The van der Waals surface area contributed by atoms with E-state index in [0.29, 0.717) is 44.2 Å². The highest BCUT2D eigenvalue weighted by molar-refractivity contribution is 9.10. The summed E-state index contributed by atoms with van der Waals surface area (Å²) in [6.45, 7) is 5.62. The molecule has 0 spiro atoms. The van der Waals surface area contributed by atoms with Crippen molar-refractivity contribution in [2.45, 2.75) is 50.9 Å². The number of aliphatic imine (C=N–C) groups is 1. The zero-order valence-electron chi connectivity index (χ0n) is 23.8. The Balaban J connectivity index is 1.68. The van der Waals surface area contributed by atoms with Crippen LogP contribution in [-0.2, 0) is 20.7 Å². The highest BCUT2D eigenvalue weighted by atomic mass is 79.9. The van der Waals surface area contributed by atoms with Gasteiger partial charge < -0.3 is 19.3 Å². The topological polar surface area (TPSA) is 101 Å². The second kappa shape index (κ2) is 15.6. The number of ether oxygens (including phenoxy) is 3. The molecule has 3 N–H and O–H groups in total. The predicted molar refractivity (Wildman–Crippen MR) is 171 cm³/mol. The molecular formula is C32H37Br2N3O5. The minimum absolute atomic E-state index is 0.0719. The lowest BCUT2D eigenvalue weighted by molar-refractivity contribution is -0.130. The van der Waals surface area contributed by atoms with Crippen LogP contribution in [0.1, 0.15) is 49.5 Å². The number of aliphatic hydroxyl groups excluding tert-OH is 1. The SMILES string of the molecule is CC(C)OCCCNNC(=O)[C@@]1(Cc2ccccc2Br)N=C(c2ccc(OCCCO)cc2)O[C@H]1c1ccc(Br)cc1. The molecule has 8 nitrogen and oxygen atoms in total. The lowest BCUT2D eigenvalue weighted by Gasteiger charge is -2.31. The number of hydrazine groups is 1. The Morgan fingerprint density at radius 1 is 1.02 bits per heavy atom. The maximum Gasteiger partial charge on any atom is 0.266 e. The highest BCUT2D eigenvalue weighted by Crippen LogP contribution is 2.43. The molecule has 0 saturated carbocycles. The van der Waals surface area contributed by atoms with Gasteiger partial charge in [-0.2, -0.15) is 0 Å². The molecule has 3 aromatic rings. The Morgan fingerprint density at radius 3 is 2.45 bits per heavy atom. The molecule has 10 heteroatoms. The predicted octanol–water partition coefficient (Wildman–Crippen LogP) is 5.91. The molecule has 0 bridgehead atoms. The summed E-state index contributed by atoms with van der Waals surface area (Å²) >= 11 is 7.18. The monoisotopic (exact) mass is 701 g/mol. The van der Waals surface area contributed by atoms with Gasteiger partial charge in [0.2, 0.25) is 5.90 Å². The lowest BCUT2D eigenvalue weighted by Crippen LogP contribution is -2.54. The number of carbonyl (C=O) groups is 1. The number of benzene rings is 3. The summed E-state index contributed by atoms with van der Waals surface area (Å²) in [6, 6.07) is 23.0. The number of hydrogen-bond donors (Lipinski definition) is 3. The van der Waals surface area contributed by atoms with E-state index in [0.717, 1.165) is 32.1 Å². The van der Waals surface area contributed by atoms with Crippen molar-refractivity contribution in [1.29, 1.82) is 0 Å². The summed E-state index contributed by atoms with van der Waals surface area (Å²) in [5.41, 5.74) is 7.16. The van der Waals surface area contributed by atoms with Crippen LogP contribution in [0, 0.1) is 0 Å². The summed E-state index contributed by atoms with van der Waals surface area (Å²) in [5.74, 6) is 0.755. The first-order chi connectivity index (χ1) is 20.3. The molecule has 3 aromatic carbocycles. The molecule has 1 aliphatic heterocycles. The lowest BCUT2D eigenvalue weighted by atomic mass is 9.82. The van der Waals surface area contributed by atoms with Gasteiger partial charge in [-0.15, -0.1) is 0 Å². The molecule has 4 rings (SSSR count). The maximum atomic E-state index is 14.2. The number of amides is 1. The summed E-state index contributed by atoms with van der Waals surface area (Å²) in [7, 11) is 0. The number of nitrogens with zero attached hydrogens (tertiary/aromatic N) is 1. The van der Waals surface area contributed by atoms with Crippen LogP contribution in [0.3, 0.4) is 0 Å². The number of aliphatic hydroxyl groups is 1. The number of carbonyl (C=O) groups excluding carboxylic acids is 1. The van der Waals surface area contributed by atoms with E-state index in [-0.39, 0.29) is 18.6 Å². The molecule has 0 radical (unpaired) electrons. The molecule has 42 heavy (non-hydrogen) atoms. The van der Waals surface area contributed by atoms with Gasteiger partial charge in [0.25, 0.3) is 5.91 Å². The number of rotatable bonds is 15. The maximum absolute atomic E-state index is 14.2. The Bertz CT molecular complexity index is 1330. The molecular weight excluding hydrogens is 666 g/mol. The van der Waals surface area contributed by atoms with Gasteiger partial charge >= 0.3 is 0 Å². The van der Waals surface area contributed by atoms with Crippen molar-refractivity contribution in [3.05, 3.63) is 98.4 Å². The number of nitrogens with one attached hydrogen (secondary N) is 2. The van der Waals surface area contributed by atoms with E-state index < -0.39 is 11.6 Å². The van der Waals surface area contributed by atoms with Crippen molar-refractivity contribution in [3.8, 4) is 5.75 Å². The van der Waals surface area contributed by atoms with E-state index in [1.165, 1.54) is 0 Å². The first-order valence-corrected chi connectivity index (χ1v) is 15.7. The van der Waals surface area contributed by atoms with Crippen LogP contribution in [0.15, 0.2) is 86.7 Å². The average molecular weight is 703 g/mol. The first-order valence-electron chi connectivity index (χ1n) is 14.1. The van der Waals surface area contributed by atoms with E-state index in [9.17, 15) is 4.79 Å². The van der Waals surface area contributed by atoms with E-state index >= 15 is 0 Å². The zero-order valence-corrected chi connectivity index (χ0v) is 27.0. The fraction of sp³-hybridized carbons (Fsp3) is 0.375. The van der Waals surface area contributed by atoms with Gasteiger partial charge in [0, 0.05) is 47.1 Å². The van der Waals surface area contributed by atoms with Crippen LogP contribution >= 0.6 is 31.9 Å². The minimum Gasteiger partial charge on any atom is -0.494 e. The number of halogens is 2. The van der Waals surface area contributed by atoms with Crippen molar-refractivity contribution >= 4 is 43.7 Å². The van der Waals surface area contributed by atoms with E-state index in [1.807, 2.05) is 86.6 Å². The van der Waals surface area contributed by atoms with Crippen molar-refractivity contribution in [2.24, 2.45) is 4.99 Å². The van der Waals surface area contributed by atoms with Gasteiger partial charge in [0.15, 0.2) is 11.6 Å². The van der Waals surface area contributed by atoms with Crippen molar-refractivity contribution < 1.29 is 24.1 Å². The van der Waals surface area contributed by atoms with Gasteiger partial charge in [0.05, 0.1) is 12.7 Å². The summed E-state index contributed by atoms with van der Waals surface area (Å²) < 4.78 is 19.7. The molecule has 224 valence electrons. The highest BCUT2D eigenvalue weighted by Gasteiger charge is 2.53. The molecule has 1 amide bonds. The molecule has 0 aromatic heterocycles. The van der Waals surface area contributed by atoms with Gasteiger partial charge in [-0.25, -0.2) is 10.4 Å². The van der Waals surface area contributed by atoms with Crippen molar-refractivity contribution in [1.82, 2.24) is 10.9 Å². The summed E-state index contributed by atoms with van der Waals surface area (Å²) in [6.07, 6.45) is 1.05. The third-order valence-electron chi connectivity index (χ3n) is 6.72. The normalized spacial score (nSPS) is 18.0. The smallest absolute Gasteiger partial charge is 0.266 e. The Labute approximate surface area is 264 Å². The second-order valence-corrected chi connectivity index (χ2v) is 12.0. The van der Waals surface area contributed by atoms with Crippen LogP contribution in [0.2, 0.25) is 0 Å². The third kappa shape index (κ3) is 8.41. The van der Waals surface area contributed by atoms with Crippen LogP contribution < -0.4 is 15.6 Å². The quantitative estimate of drug-likeness (QED) is 0.135. The Morgan fingerprint density at radius 2 is 1.76 bits per heavy atom. The van der Waals surface area contributed by atoms with Crippen LogP contribution in [0.5, 0.6) is 5.75 Å². The summed E-state index contributed by atoms with van der Waals surface area (Å²) in [5, 5.41) is 9.03. The van der Waals surface area contributed by atoms with Crippen LogP contribution in [-0.4, -0.2) is 54.9 Å². The average Bonchev–Trinajstić information content (AvgIpc) is 3.37. The van der Waals surface area contributed by atoms with Crippen molar-refractivity contribution in [3.63, 3.8) is 0 Å². The molecule has 0 unspecified atom stereocenters. The van der Waals surface area contributed by atoms with E-state index in [1.54, 1.807) is 0 Å². The fourth-order valence-electron chi connectivity index (χ4n) is 4.58. The number of hydrogen-bond acceptors (Lipinski definition) is 7. The van der Waals surface area contributed by atoms with Crippen LogP contribution in [0.4, 0.5) is 0 Å². The Hall–Kier alpha value is -2.76. The zero-order chi connectivity index (χ0) is 30.0. The van der Waals surface area contributed by atoms with Gasteiger partial charge in [-0.1, -0.05) is 62.2 Å². The van der Waals surface area contributed by atoms with E-state index in [4.69, 9.17) is 24.3 Å². The Kier molecular flexibility index (Phi) is 12.0. The molecule has 2 atom stereocenters. The first kappa shape index (κ1) is 32.2. The third-order valence-corrected chi connectivity index (χ3v) is 8.02. The standard InChI is InChI=1S/C32H37Br2N3O5/c1-22(2)40-19-5-17-35-37-31(39)32(21-25-7-3-4-8-28(25)34)29(23-9-13-26(33)14-10-23)42-30(36-32)24-11-15-27(16-12-24)41-20-6-18-38/h3-4,7-16,22,29,35,38H,5-6,17-21H2,1-2H3,(H,37,39)/t29-,32-/m0/s1. The van der Waals surface area contributed by atoms with Crippen LogP contribution in [0.25, 0.3) is 0 Å². The molecule has 0 aliphatic carbocycles. The molecule has 0 fully saturated rings. The molecule has 0 saturated heterocycles. The molecule has 1 heterocycles. The minimum atomic E-state index is -1.31. The molecule has 1 aliphatic rings. The summed E-state index contributed by atoms with van der Waals surface area (Å²) in [4.78, 5) is 19.3. The second-order valence-electron chi connectivity index (χ2n) is 10.3. The van der Waals surface area contributed by atoms with E-state index in [2.05, 4.69) is 42.7 Å². The fourth-order valence-corrected chi connectivity index (χ4v) is 5.27. The van der Waals surface area contributed by atoms with Gasteiger partial charge in [-0.05, 0) is 73.9 Å².